The summed E-state index contributed by atoms with van der Waals surface area (Å²) in [5, 5.41) is 2.72. The summed E-state index contributed by atoms with van der Waals surface area (Å²) < 4.78 is 0. The standard InChI is InChI=1S/C12H25N3O2/c1-5-6-14-11(16)8-15(4)12(17)10(13)7-9(2)3/h9-10H,5-8,13H2,1-4H3,(H,14,16)/t10-/m0/s1. The summed E-state index contributed by atoms with van der Waals surface area (Å²) in [6, 6.07) is -0.515. The zero-order valence-electron chi connectivity index (χ0n) is 11.3. The maximum atomic E-state index is 11.8. The second kappa shape index (κ2) is 8.06. The fourth-order valence-corrected chi connectivity index (χ4v) is 1.51. The summed E-state index contributed by atoms with van der Waals surface area (Å²) in [4.78, 5) is 24.6. The third-order valence-corrected chi connectivity index (χ3v) is 2.37. The van der Waals surface area contributed by atoms with Crippen LogP contribution >= 0.6 is 0 Å². The van der Waals surface area contributed by atoms with Gasteiger partial charge in [-0.05, 0) is 18.8 Å². The Morgan fingerprint density at radius 2 is 1.94 bits per heavy atom. The lowest BCUT2D eigenvalue weighted by molar-refractivity contribution is -0.136. The average Bonchev–Trinajstić information content (AvgIpc) is 2.24. The molecule has 0 saturated carbocycles. The summed E-state index contributed by atoms with van der Waals surface area (Å²) in [7, 11) is 1.61. The van der Waals surface area contributed by atoms with Gasteiger partial charge in [0.25, 0.3) is 0 Å². The first-order valence-corrected chi connectivity index (χ1v) is 6.15. The number of hydrogen-bond acceptors (Lipinski definition) is 3. The molecule has 0 heterocycles. The van der Waals surface area contributed by atoms with E-state index >= 15 is 0 Å². The molecule has 0 rings (SSSR count). The van der Waals surface area contributed by atoms with Crippen LogP contribution in [0.5, 0.6) is 0 Å². The Morgan fingerprint density at radius 3 is 2.41 bits per heavy atom. The number of nitrogens with one attached hydrogen (secondary N) is 1. The molecule has 0 aromatic heterocycles. The molecule has 0 saturated heterocycles. The van der Waals surface area contributed by atoms with Gasteiger partial charge >= 0.3 is 0 Å². The average molecular weight is 243 g/mol. The molecular formula is C12H25N3O2. The van der Waals surface area contributed by atoms with Gasteiger partial charge in [0.05, 0.1) is 12.6 Å². The van der Waals surface area contributed by atoms with Crippen LogP contribution in [-0.2, 0) is 9.59 Å². The first-order chi connectivity index (χ1) is 7.88. The second-order valence-corrected chi connectivity index (χ2v) is 4.78. The smallest absolute Gasteiger partial charge is 0.239 e. The Kier molecular flexibility index (Phi) is 7.54. The molecule has 0 fully saturated rings. The lowest BCUT2D eigenvalue weighted by Gasteiger charge is -2.21. The van der Waals surface area contributed by atoms with E-state index in [4.69, 9.17) is 5.73 Å². The minimum atomic E-state index is -0.515. The van der Waals surface area contributed by atoms with Crippen molar-refractivity contribution in [1.29, 1.82) is 0 Å². The van der Waals surface area contributed by atoms with E-state index in [-0.39, 0.29) is 18.4 Å². The Hall–Kier alpha value is -1.10. The van der Waals surface area contributed by atoms with Gasteiger partial charge in [-0.3, -0.25) is 9.59 Å². The molecular weight excluding hydrogens is 218 g/mol. The van der Waals surface area contributed by atoms with Crippen molar-refractivity contribution in [3.05, 3.63) is 0 Å². The molecule has 2 amide bonds. The number of nitrogens with two attached hydrogens (primary N) is 1. The van der Waals surface area contributed by atoms with Crippen LogP contribution in [0, 0.1) is 5.92 Å². The monoisotopic (exact) mass is 243 g/mol. The number of rotatable bonds is 7. The van der Waals surface area contributed by atoms with Gasteiger partial charge in [-0.1, -0.05) is 20.8 Å². The molecule has 0 aromatic rings. The van der Waals surface area contributed by atoms with Crippen LogP contribution in [0.1, 0.15) is 33.6 Å². The first-order valence-electron chi connectivity index (χ1n) is 6.15. The van der Waals surface area contributed by atoms with Gasteiger partial charge in [-0.15, -0.1) is 0 Å². The molecule has 0 radical (unpaired) electrons. The predicted molar refractivity (Wildman–Crippen MR) is 68.4 cm³/mol. The van der Waals surface area contributed by atoms with Crippen molar-refractivity contribution < 1.29 is 9.59 Å². The largest absolute Gasteiger partial charge is 0.355 e. The van der Waals surface area contributed by atoms with Gasteiger partial charge in [-0.25, -0.2) is 0 Å². The highest BCUT2D eigenvalue weighted by molar-refractivity contribution is 5.87. The molecule has 17 heavy (non-hydrogen) atoms. The van der Waals surface area contributed by atoms with E-state index in [2.05, 4.69) is 5.32 Å². The van der Waals surface area contributed by atoms with Crippen molar-refractivity contribution in [1.82, 2.24) is 10.2 Å². The molecule has 5 heteroatoms. The van der Waals surface area contributed by atoms with E-state index in [1.807, 2.05) is 20.8 Å². The van der Waals surface area contributed by atoms with Gasteiger partial charge < -0.3 is 16.0 Å². The number of carbonyl (C=O) groups is 2. The van der Waals surface area contributed by atoms with Crippen LogP contribution in [-0.4, -0.2) is 42.9 Å². The zero-order chi connectivity index (χ0) is 13.4. The molecule has 100 valence electrons. The van der Waals surface area contributed by atoms with Crippen molar-refractivity contribution >= 4 is 11.8 Å². The van der Waals surface area contributed by atoms with E-state index in [0.29, 0.717) is 18.9 Å². The number of amides is 2. The molecule has 0 aliphatic carbocycles. The minimum absolute atomic E-state index is 0.0740. The summed E-state index contributed by atoms with van der Waals surface area (Å²) in [5.74, 6) is 0.0565. The summed E-state index contributed by atoms with van der Waals surface area (Å²) in [6.07, 6.45) is 1.52. The van der Waals surface area contributed by atoms with Crippen molar-refractivity contribution in [2.75, 3.05) is 20.1 Å². The highest BCUT2D eigenvalue weighted by Crippen LogP contribution is 2.04. The van der Waals surface area contributed by atoms with Crippen LogP contribution in [0.4, 0.5) is 0 Å². The maximum absolute atomic E-state index is 11.8. The van der Waals surface area contributed by atoms with Gasteiger partial charge in [0.15, 0.2) is 0 Å². The lowest BCUT2D eigenvalue weighted by atomic mass is 10.0. The third-order valence-electron chi connectivity index (χ3n) is 2.37. The zero-order valence-corrected chi connectivity index (χ0v) is 11.3. The normalized spacial score (nSPS) is 12.4. The van der Waals surface area contributed by atoms with Gasteiger partial charge in [0.1, 0.15) is 0 Å². The molecule has 1 atom stereocenters. The number of hydrogen-bond donors (Lipinski definition) is 2. The Bertz CT molecular complexity index is 254. The highest BCUT2D eigenvalue weighted by Gasteiger charge is 2.20. The minimum Gasteiger partial charge on any atom is -0.355 e. The van der Waals surface area contributed by atoms with Crippen LogP contribution in [0.2, 0.25) is 0 Å². The predicted octanol–water partition coefficient (Wildman–Crippen LogP) is 0.344. The fourth-order valence-electron chi connectivity index (χ4n) is 1.51. The number of likely N-dealkylation sites (N-methyl/N-ethyl adjacent to an activating group) is 1. The van der Waals surface area contributed by atoms with Crippen LogP contribution in [0.25, 0.3) is 0 Å². The molecule has 0 aliphatic rings. The number of carbonyl (C=O) groups excluding carboxylic acids is 2. The third kappa shape index (κ3) is 6.94. The molecule has 0 aliphatic heterocycles. The van der Waals surface area contributed by atoms with E-state index in [1.165, 1.54) is 4.90 Å². The van der Waals surface area contributed by atoms with E-state index in [1.54, 1.807) is 7.05 Å². The summed E-state index contributed by atoms with van der Waals surface area (Å²) in [5.41, 5.74) is 5.77. The quantitative estimate of drug-likeness (QED) is 0.677. The number of nitrogens with zero attached hydrogens (tertiary/aromatic N) is 1. The molecule has 0 aromatic carbocycles. The maximum Gasteiger partial charge on any atom is 0.239 e. The van der Waals surface area contributed by atoms with Gasteiger partial charge in [0, 0.05) is 13.6 Å². The van der Waals surface area contributed by atoms with Crippen molar-refractivity contribution in [2.24, 2.45) is 11.7 Å². The SMILES string of the molecule is CCCNC(=O)CN(C)C(=O)[C@@H](N)CC(C)C. The van der Waals surface area contributed by atoms with Crippen LogP contribution in [0.15, 0.2) is 0 Å². The fraction of sp³-hybridized carbons (Fsp3) is 0.833. The first kappa shape index (κ1) is 15.9. The van der Waals surface area contributed by atoms with Gasteiger partial charge in [-0.2, -0.15) is 0 Å². The van der Waals surface area contributed by atoms with E-state index in [0.717, 1.165) is 6.42 Å². The van der Waals surface area contributed by atoms with E-state index in [9.17, 15) is 9.59 Å². The van der Waals surface area contributed by atoms with Crippen LogP contribution in [0.3, 0.4) is 0 Å². The highest BCUT2D eigenvalue weighted by atomic mass is 16.2. The molecule has 3 N–H and O–H groups in total. The topological polar surface area (TPSA) is 75.4 Å². The second-order valence-electron chi connectivity index (χ2n) is 4.78. The summed E-state index contributed by atoms with van der Waals surface area (Å²) >= 11 is 0. The molecule has 0 spiro atoms. The Balaban J connectivity index is 4.08. The lowest BCUT2D eigenvalue weighted by Crippen LogP contribution is -2.46. The van der Waals surface area contributed by atoms with Crippen LogP contribution < -0.4 is 11.1 Å². The Morgan fingerprint density at radius 1 is 1.35 bits per heavy atom. The molecule has 0 unspecified atom stereocenters. The van der Waals surface area contributed by atoms with Gasteiger partial charge in [0.2, 0.25) is 11.8 Å². The molecule has 0 bridgehead atoms. The Labute approximate surface area is 104 Å². The van der Waals surface area contributed by atoms with Crippen molar-refractivity contribution in [3.63, 3.8) is 0 Å². The van der Waals surface area contributed by atoms with Crippen molar-refractivity contribution in [2.45, 2.75) is 39.7 Å². The van der Waals surface area contributed by atoms with E-state index < -0.39 is 6.04 Å². The molecule has 5 nitrogen and oxygen atoms in total. The van der Waals surface area contributed by atoms with Crippen molar-refractivity contribution in [3.8, 4) is 0 Å². The summed E-state index contributed by atoms with van der Waals surface area (Å²) in [6.45, 7) is 6.72.